The van der Waals surface area contributed by atoms with Gasteiger partial charge in [-0.25, -0.2) is 4.79 Å². The Morgan fingerprint density at radius 2 is 2.10 bits per heavy atom. The zero-order chi connectivity index (χ0) is 15.6. The predicted octanol–water partition coefficient (Wildman–Crippen LogP) is 1.70. The first-order valence-corrected chi connectivity index (χ1v) is 6.76. The van der Waals surface area contributed by atoms with Gasteiger partial charge < -0.3 is 10.4 Å². The minimum Gasteiger partial charge on any atom is -0.478 e. The third-order valence-electron chi connectivity index (χ3n) is 3.44. The van der Waals surface area contributed by atoms with E-state index in [1.54, 1.807) is 18.5 Å². The summed E-state index contributed by atoms with van der Waals surface area (Å²) in [5.41, 5.74) is 3.43. The van der Waals surface area contributed by atoms with Gasteiger partial charge in [0, 0.05) is 25.4 Å². The zero-order valence-electron chi connectivity index (χ0n) is 12.6. The molecule has 0 aliphatic rings. The van der Waals surface area contributed by atoms with Crippen molar-refractivity contribution in [2.45, 2.75) is 33.7 Å². The van der Waals surface area contributed by atoms with Gasteiger partial charge in [0.1, 0.15) is 5.56 Å². The van der Waals surface area contributed by atoms with Crippen molar-refractivity contribution in [3.8, 4) is 0 Å². The standard InChI is InChI=1S/C14H19N5O2/c1-5-11-10(7-19(4)18-11)6-15-13-12(14(20)21)8(2)9(3)16-17-13/h7H,5-6H2,1-4H3,(H,15,17)(H,20,21). The number of aryl methyl sites for hydroxylation is 3. The Bertz CT molecular complexity index is 678. The van der Waals surface area contributed by atoms with Crippen LogP contribution in [0.25, 0.3) is 0 Å². The normalized spacial score (nSPS) is 10.7. The summed E-state index contributed by atoms with van der Waals surface area (Å²) in [6.07, 6.45) is 2.74. The molecule has 0 unspecified atom stereocenters. The van der Waals surface area contributed by atoms with E-state index in [1.165, 1.54) is 0 Å². The number of carbonyl (C=O) groups is 1. The van der Waals surface area contributed by atoms with Crippen LogP contribution < -0.4 is 5.32 Å². The minimum atomic E-state index is -1.00. The molecule has 7 nitrogen and oxygen atoms in total. The lowest BCUT2D eigenvalue weighted by Crippen LogP contribution is -2.13. The topological polar surface area (TPSA) is 92.9 Å². The Hall–Kier alpha value is -2.44. The Morgan fingerprint density at radius 3 is 2.71 bits per heavy atom. The minimum absolute atomic E-state index is 0.171. The zero-order valence-corrected chi connectivity index (χ0v) is 12.6. The number of nitrogens with one attached hydrogen (secondary N) is 1. The fourth-order valence-electron chi connectivity index (χ4n) is 2.20. The monoisotopic (exact) mass is 289 g/mol. The second-order valence-corrected chi connectivity index (χ2v) is 4.92. The summed E-state index contributed by atoms with van der Waals surface area (Å²) in [4.78, 5) is 11.4. The number of aromatic nitrogens is 4. The first-order valence-electron chi connectivity index (χ1n) is 6.76. The van der Waals surface area contributed by atoms with Crippen LogP contribution in [0.3, 0.4) is 0 Å². The Kier molecular flexibility index (Phi) is 4.21. The summed E-state index contributed by atoms with van der Waals surface area (Å²) in [5, 5.41) is 24.7. The fourth-order valence-corrected chi connectivity index (χ4v) is 2.20. The molecule has 0 saturated carbocycles. The summed E-state index contributed by atoms with van der Waals surface area (Å²) in [5.74, 6) is -0.716. The average Bonchev–Trinajstić information content (AvgIpc) is 2.79. The number of nitrogens with zero attached hydrogens (tertiary/aromatic N) is 4. The second kappa shape index (κ2) is 5.90. The summed E-state index contributed by atoms with van der Waals surface area (Å²) in [6, 6.07) is 0. The van der Waals surface area contributed by atoms with Crippen molar-refractivity contribution in [3.05, 3.63) is 34.3 Å². The molecular weight excluding hydrogens is 270 g/mol. The molecule has 0 saturated heterocycles. The van der Waals surface area contributed by atoms with Crippen LogP contribution in [0, 0.1) is 13.8 Å². The summed E-state index contributed by atoms with van der Waals surface area (Å²) in [7, 11) is 1.86. The molecule has 2 aromatic rings. The van der Waals surface area contributed by atoms with Gasteiger partial charge in [-0.1, -0.05) is 6.92 Å². The van der Waals surface area contributed by atoms with Gasteiger partial charge in [0.15, 0.2) is 5.82 Å². The van der Waals surface area contributed by atoms with E-state index in [1.807, 2.05) is 20.2 Å². The maximum Gasteiger partial charge on any atom is 0.339 e. The molecule has 0 fully saturated rings. The Labute approximate surface area is 123 Å². The highest BCUT2D eigenvalue weighted by molar-refractivity contribution is 5.94. The van der Waals surface area contributed by atoms with Gasteiger partial charge in [0.05, 0.1) is 11.4 Å². The molecule has 0 aliphatic carbocycles. The maximum atomic E-state index is 11.4. The van der Waals surface area contributed by atoms with Crippen molar-refractivity contribution in [3.63, 3.8) is 0 Å². The van der Waals surface area contributed by atoms with E-state index in [-0.39, 0.29) is 11.4 Å². The highest BCUT2D eigenvalue weighted by Crippen LogP contribution is 2.19. The lowest BCUT2D eigenvalue weighted by atomic mass is 10.1. The molecule has 2 heterocycles. The largest absolute Gasteiger partial charge is 0.478 e. The summed E-state index contributed by atoms with van der Waals surface area (Å²) >= 11 is 0. The molecule has 21 heavy (non-hydrogen) atoms. The fraction of sp³-hybridized carbons (Fsp3) is 0.429. The molecule has 0 aromatic carbocycles. The van der Waals surface area contributed by atoms with Crippen LogP contribution in [0.4, 0.5) is 5.82 Å². The van der Waals surface area contributed by atoms with E-state index in [4.69, 9.17) is 0 Å². The van der Waals surface area contributed by atoms with Gasteiger partial charge >= 0.3 is 5.97 Å². The first kappa shape index (κ1) is 15.0. The number of hydrogen-bond donors (Lipinski definition) is 2. The van der Waals surface area contributed by atoms with Gasteiger partial charge in [-0.3, -0.25) is 4.68 Å². The SMILES string of the molecule is CCc1nn(C)cc1CNc1nnc(C)c(C)c1C(=O)O. The van der Waals surface area contributed by atoms with Crippen LogP contribution in [0.1, 0.15) is 39.8 Å². The van der Waals surface area contributed by atoms with Crippen molar-refractivity contribution in [2.75, 3.05) is 5.32 Å². The summed E-state index contributed by atoms with van der Waals surface area (Å²) in [6.45, 7) is 5.98. The van der Waals surface area contributed by atoms with Crippen molar-refractivity contribution in [1.29, 1.82) is 0 Å². The van der Waals surface area contributed by atoms with Crippen molar-refractivity contribution in [2.24, 2.45) is 7.05 Å². The van der Waals surface area contributed by atoms with Crippen molar-refractivity contribution < 1.29 is 9.90 Å². The third kappa shape index (κ3) is 3.01. The van der Waals surface area contributed by atoms with E-state index in [9.17, 15) is 9.90 Å². The molecule has 2 N–H and O–H groups in total. The van der Waals surface area contributed by atoms with Crippen LogP contribution >= 0.6 is 0 Å². The lowest BCUT2D eigenvalue weighted by Gasteiger charge is -2.11. The molecule has 7 heteroatoms. The number of carboxylic acids is 1. The number of aromatic carboxylic acids is 1. The predicted molar refractivity (Wildman–Crippen MR) is 78.4 cm³/mol. The van der Waals surface area contributed by atoms with Crippen LogP contribution in [-0.2, 0) is 20.0 Å². The van der Waals surface area contributed by atoms with Crippen LogP contribution in [0.15, 0.2) is 6.20 Å². The lowest BCUT2D eigenvalue weighted by molar-refractivity contribution is 0.0696. The van der Waals surface area contributed by atoms with Crippen molar-refractivity contribution >= 4 is 11.8 Å². The van der Waals surface area contributed by atoms with Gasteiger partial charge in [-0.05, 0) is 25.8 Å². The molecule has 0 radical (unpaired) electrons. The number of carboxylic acid groups (broad SMARTS) is 1. The molecular formula is C14H19N5O2. The van der Waals surface area contributed by atoms with E-state index < -0.39 is 5.97 Å². The molecule has 0 aliphatic heterocycles. The average molecular weight is 289 g/mol. The van der Waals surface area contributed by atoms with Gasteiger partial charge in [0.25, 0.3) is 0 Å². The van der Waals surface area contributed by atoms with E-state index in [0.717, 1.165) is 17.7 Å². The number of rotatable bonds is 5. The quantitative estimate of drug-likeness (QED) is 0.870. The molecule has 0 bridgehead atoms. The van der Waals surface area contributed by atoms with Gasteiger partial charge in [0.2, 0.25) is 0 Å². The second-order valence-electron chi connectivity index (χ2n) is 4.92. The Balaban J connectivity index is 2.28. The van der Waals surface area contributed by atoms with Crippen LogP contribution in [-0.4, -0.2) is 31.1 Å². The highest BCUT2D eigenvalue weighted by Gasteiger charge is 2.18. The molecule has 2 aromatic heterocycles. The summed E-state index contributed by atoms with van der Waals surface area (Å²) < 4.78 is 1.75. The number of anilines is 1. The maximum absolute atomic E-state index is 11.4. The smallest absolute Gasteiger partial charge is 0.339 e. The Morgan fingerprint density at radius 1 is 1.38 bits per heavy atom. The highest BCUT2D eigenvalue weighted by atomic mass is 16.4. The van der Waals surface area contributed by atoms with Gasteiger partial charge in [-0.15, -0.1) is 5.10 Å². The van der Waals surface area contributed by atoms with Crippen molar-refractivity contribution in [1.82, 2.24) is 20.0 Å². The molecule has 2 rings (SSSR count). The van der Waals surface area contributed by atoms with Gasteiger partial charge in [-0.2, -0.15) is 10.2 Å². The van der Waals surface area contributed by atoms with Crippen LogP contribution in [0.5, 0.6) is 0 Å². The molecule has 0 amide bonds. The molecule has 0 atom stereocenters. The van der Waals surface area contributed by atoms with E-state index in [0.29, 0.717) is 17.8 Å². The molecule has 0 spiro atoms. The third-order valence-corrected chi connectivity index (χ3v) is 3.44. The van der Waals surface area contributed by atoms with Crippen LogP contribution in [0.2, 0.25) is 0 Å². The van der Waals surface area contributed by atoms with E-state index in [2.05, 4.69) is 20.6 Å². The molecule has 112 valence electrons. The first-order chi connectivity index (χ1) is 9.93. The van der Waals surface area contributed by atoms with E-state index >= 15 is 0 Å². The number of hydrogen-bond acceptors (Lipinski definition) is 5.